The molecule has 1 N–H and O–H groups in total. The van der Waals surface area contributed by atoms with Crippen molar-refractivity contribution in [3.8, 4) is 17.2 Å². The molecule has 0 radical (unpaired) electrons. The van der Waals surface area contributed by atoms with Gasteiger partial charge in [0, 0.05) is 42.9 Å². The van der Waals surface area contributed by atoms with Crippen LogP contribution in [0.1, 0.15) is 43.5 Å². The molecule has 3 aliphatic rings. The number of nitrogens with one attached hydrogen (secondary N) is 1. The molecular formula is C24H29ClN2O7. The highest BCUT2D eigenvalue weighted by atomic mass is 35.5. The Hall–Kier alpha value is -2.94. The molecule has 34 heavy (non-hydrogen) atoms. The number of fused-ring (bicyclic) bond motifs is 1. The van der Waals surface area contributed by atoms with E-state index in [1.54, 1.807) is 11.8 Å². The molecule has 1 spiro atoms. The zero-order valence-electron chi connectivity index (χ0n) is 19.7. The number of benzene rings is 1. The van der Waals surface area contributed by atoms with E-state index in [2.05, 4.69) is 5.32 Å². The van der Waals surface area contributed by atoms with Crippen molar-refractivity contribution in [2.24, 2.45) is 5.92 Å². The third kappa shape index (κ3) is 3.85. The van der Waals surface area contributed by atoms with Crippen LogP contribution in [0.3, 0.4) is 0 Å². The third-order valence-corrected chi connectivity index (χ3v) is 7.08. The van der Waals surface area contributed by atoms with Gasteiger partial charge in [-0.15, -0.1) is 0 Å². The molecule has 1 fully saturated rings. The second-order valence-electron chi connectivity index (χ2n) is 8.71. The lowest BCUT2D eigenvalue weighted by Crippen LogP contribution is -2.56. The third-order valence-electron chi connectivity index (χ3n) is 6.72. The quantitative estimate of drug-likeness (QED) is 0.624. The van der Waals surface area contributed by atoms with Gasteiger partial charge in [-0.05, 0) is 26.2 Å². The smallest absolute Gasteiger partial charge is 0.409 e. The number of hydrogen-bond acceptors (Lipinski definition) is 8. The summed E-state index contributed by atoms with van der Waals surface area (Å²) in [5, 5.41) is 3.56. The number of nitrogens with zero attached hydrogens (tertiary/aromatic N) is 1. The van der Waals surface area contributed by atoms with Gasteiger partial charge in [0.15, 0.2) is 5.75 Å². The van der Waals surface area contributed by atoms with E-state index in [0.29, 0.717) is 31.9 Å². The Kier molecular flexibility index (Phi) is 6.66. The second kappa shape index (κ2) is 9.37. The summed E-state index contributed by atoms with van der Waals surface area (Å²) in [5.41, 5.74) is -0.783. The molecular weight excluding hydrogens is 464 g/mol. The van der Waals surface area contributed by atoms with Crippen LogP contribution in [0.5, 0.6) is 17.2 Å². The molecule has 1 amide bonds. The van der Waals surface area contributed by atoms with Crippen LogP contribution in [0.4, 0.5) is 4.79 Å². The van der Waals surface area contributed by atoms with Gasteiger partial charge in [-0.2, -0.15) is 0 Å². The van der Waals surface area contributed by atoms with E-state index in [0.717, 1.165) is 18.5 Å². The molecule has 1 saturated heterocycles. The maximum absolute atomic E-state index is 13.6. The Bertz CT molecular complexity index is 1050. The number of rotatable bonds is 5. The van der Waals surface area contributed by atoms with Crippen LogP contribution in [0.2, 0.25) is 5.02 Å². The number of carbonyl (C=O) groups excluding carboxylic acids is 3. The molecule has 9 nitrogen and oxygen atoms in total. The summed E-state index contributed by atoms with van der Waals surface area (Å²) in [4.78, 5) is 40.5. The van der Waals surface area contributed by atoms with Gasteiger partial charge in [0.1, 0.15) is 22.1 Å². The van der Waals surface area contributed by atoms with Crippen molar-refractivity contribution in [3.63, 3.8) is 0 Å². The molecule has 0 aromatic heterocycles. The predicted octanol–water partition coefficient (Wildman–Crippen LogP) is 3.37. The number of methoxy groups -OCH3 is 2. The zero-order chi connectivity index (χ0) is 24.6. The number of likely N-dealkylation sites (tertiary alicyclic amines) is 1. The Morgan fingerprint density at radius 2 is 1.91 bits per heavy atom. The van der Waals surface area contributed by atoms with E-state index in [9.17, 15) is 14.4 Å². The first-order valence-electron chi connectivity index (χ1n) is 11.4. The standard InChI is InChI=1S/C24H29ClN2O7/c1-5-33-23(30)27-8-6-14(7-9-27)26-15-10-13(2)24(18(28)11-15)22(29)19-16(31-3)12-17(32-4)20(25)21(19)34-24/h11-14,26H,5-10H2,1-4H3/t13-,24+/m1/s1. The van der Waals surface area contributed by atoms with Crippen molar-refractivity contribution in [2.75, 3.05) is 33.9 Å². The van der Waals surface area contributed by atoms with Crippen molar-refractivity contribution < 1.29 is 33.3 Å². The van der Waals surface area contributed by atoms with Crippen LogP contribution in [-0.4, -0.2) is 68.1 Å². The predicted molar refractivity (Wildman–Crippen MR) is 124 cm³/mol. The lowest BCUT2D eigenvalue weighted by atomic mass is 9.74. The molecule has 2 heterocycles. The first kappa shape index (κ1) is 24.2. The van der Waals surface area contributed by atoms with Crippen molar-refractivity contribution in [3.05, 3.63) is 28.4 Å². The summed E-state index contributed by atoms with van der Waals surface area (Å²) in [5.74, 6) is -0.682. The highest BCUT2D eigenvalue weighted by molar-refractivity contribution is 6.36. The fourth-order valence-corrected chi connectivity index (χ4v) is 5.18. The van der Waals surface area contributed by atoms with Crippen molar-refractivity contribution >= 4 is 29.3 Å². The maximum Gasteiger partial charge on any atom is 0.409 e. The number of allylic oxidation sites excluding steroid dienone is 1. The molecule has 10 heteroatoms. The summed E-state index contributed by atoms with van der Waals surface area (Å²) in [7, 11) is 2.88. The molecule has 1 aromatic rings. The molecule has 1 aliphatic carbocycles. The van der Waals surface area contributed by atoms with Gasteiger partial charge in [-0.3, -0.25) is 9.59 Å². The monoisotopic (exact) mass is 492 g/mol. The SMILES string of the molecule is CCOC(=O)N1CCC(NC2=CC(=O)[C@@]3(Oc4c(Cl)c(OC)cc(OC)c4C3=O)[C@H](C)C2)CC1. The van der Waals surface area contributed by atoms with E-state index in [4.69, 9.17) is 30.5 Å². The summed E-state index contributed by atoms with van der Waals surface area (Å²) in [6.45, 7) is 5.10. The number of carbonyl (C=O) groups is 3. The van der Waals surface area contributed by atoms with Crippen LogP contribution in [-0.2, 0) is 9.53 Å². The molecule has 184 valence electrons. The number of piperidine rings is 1. The van der Waals surface area contributed by atoms with Gasteiger partial charge < -0.3 is 29.2 Å². The molecule has 2 aliphatic heterocycles. The van der Waals surface area contributed by atoms with Crippen LogP contribution in [0.25, 0.3) is 0 Å². The lowest BCUT2D eigenvalue weighted by Gasteiger charge is -2.37. The fourth-order valence-electron chi connectivity index (χ4n) is 4.91. The fraction of sp³-hybridized carbons (Fsp3) is 0.542. The molecule has 0 unspecified atom stereocenters. The van der Waals surface area contributed by atoms with Gasteiger partial charge in [0.05, 0.1) is 20.8 Å². The number of ketones is 2. The molecule has 2 atom stereocenters. The van der Waals surface area contributed by atoms with Gasteiger partial charge in [0.2, 0.25) is 17.2 Å². The summed E-state index contributed by atoms with van der Waals surface area (Å²) >= 11 is 6.42. The van der Waals surface area contributed by atoms with Crippen molar-refractivity contribution in [2.45, 2.75) is 44.8 Å². The number of hydrogen-bond donors (Lipinski definition) is 1. The first-order chi connectivity index (χ1) is 16.3. The molecule has 4 rings (SSSR count). The highest BCUT2D eigenvalue weighted by Gasteiger charge is 2.60. The van der Waals surface area contributed by atoms with Gasteiger partial charge in [-0.1, -0.05) is 18.5 Å². The van der Waals surface area contributed by atoms with Gasteiger partial charge in [0.25, 0.3) is 0 Å². The van der Waals surface area contributed by atoms with E-state index < -0.39 is 23.1 Å². The van der Waals surface area contributed by atoms with Gasteiger partial charge >= 0.3 is 6.09 Å². The zero-order valence-corrected chi connectivity index (χ0v) is 20.5. The molecule has 0 bridgehead atoms. The molecule has 0 saturated carbocycles. The van der Waals surface area contributed by atoms with Crippen LogP contribution < -0.4 is 19.5 Å². The molecule has 1 aromatic carbocycles. The van der Waals surface area contributed by atoms with Crippen molar-refractivity contribution in [1.29, 1.82) is 0 Å². The summed E-state index contributed by atoms with van der Waals surface area (Å²) in [6, 6.07) is 1.63. The highest BCUT2D eigenvalue weighted by Crippen LogP contribution is 2.52. The minimum atomic E-state index is -1.69. The van der Waals surface area contributed by atoms with E-state index >= 15 is 0 Å². The van der Waals surface area contributed by atoms with E-state index in [-0.39, 0.29) is 34.2 Å². The van der Waals surface area contributed by atoms with Crippen LogP contribution in [0, 0.1) is 5.92 Å². The van der Waals surface area contributed by atoms with E-state index in [1.165, 1.54) is 26.4 Å². The lowest BCUT2D eigenvalue weighted by molar-refractivity contribution is -0.129. The Labute approximate surface area is 203 Å². The second-order valence-corrected chi connectivity index (χ2v) is 9.09. The van der Waals surface area contributed by atoms with Crippen LogP contribution in [0.15, 0.2) is 17.8 Å². The van der Waals surface area contributed by atoms with E-state index in [1.807, 2.05) is 6.92 Å². The number of ether oxygens (including phenoxy) is 4. The Morgan fingerprint density at radius 1 is 1.24 bits per heavy atom. The number of halogens is 1. The normalized spacial score (nSPS) is 24.4. The van der Waals surface area contributed by atoms with Gasteiger partial charge in [-0.25, -0.2) is 4.79 Å². The number of amides is 1. The maximum atomic E-state index is 13.6. The van der Waals surface area contributed by atoms with Crippen molar-refractivity contribution in [1.82, 2.24) is 10.2 Å². The minimum absolute atomic E-state index is 0.110. The average Bonchev–Trinajstić information content (AvgIpc) is 3.13. The van der Waals surface area contributed by atoms with Crippen LogP contribution >= 0.6 is 11.6 Å². The summed E-state index contributed by atoms with van der Waals surface area (Å²) < 4.78 is 21.8. The summed E-state index contributed by atoms with van der Waals surface area (Å²) in [6.07, 6.45) is 3.07. The minimum Gasteiger partial charge on any atom is -0.496 e. The Morgan fingerprint density at radius 3 is 2.50 bits per heavy atom. The topological polar surface area (TPSA) is 103 Å². The average molecular weight is 493 g/mol. The Balaban J connectivity index is 1.52. The first-order valence-corrected chi connectivity index (χ1v) is 11.8. The largest absolute Gasteiger partial charge is 0.496 e. The number of Topliss-reactive ketones (excluding diaryl/α,β-unsaturated/α-hetero) is 1.